The van der Waals surface area contributed by atoms with Crippen molar-refractivity contribution in [3.63, 3.8) is 0 Å². The molecule has 1 aromatic carbocycles. The van der Waals surface area contributed by atoms with Crippen molar-refractivity contribution in [1.82, 2.24) is 0 Å². The summed E-state index contributed by atoms with van der Waals surface area (Å²) in [6, 6.07) is 6.93. The SMILES string of the molecule is CC(C)[C@H]1CC[C@@H](C)C[C@@H]1OC(O)Cc1ccc(O)cc1. The molecule has 1 aromatic rings. The lowest BCUT2D eigenvalue weighted by Crippen LogP contribution is -2.37. The molecule has 0 spiro atoms. The van der Waals surface area contributed by atoms with Crippen molar-refractivity contribution in [2.24, 2.45) is 17.8 Å². The number of aromatic hydroxyl groups is 1. The molecule has 0 saturated heterocycles. The maximum atomic E-state index is 10.2. The molecule has 1 fully saturated rings. The first-order valence-electron chi connectivity index (χ1n) is 8.07. The quantitative estimate of drug-likeness (QED) is 0.813. The summed E-state index contributed by atoms with van der Waals surface area (Å²) in [7, 11) is 0. The van der Waals surface area contributed by atoms with Crippen LogP contribution in [0.2, 0.25) is 0 Å². The van der Waals surface area contributed by atoms with E-state index in [0.29, 0.717) is 24.2 Å². The Morgan fingerprint density at radius 2 is 1.86 bits per heavy atom. The van der Waals surface area contributed by atoms with Crippen molar-refractivity contribution in [3.05, 3.63) is 29.8 Å². The molecule has 4 atom stereocenters. The number of aliphatic hydroxyl groups is 1. The van der Waals surface area contributed by atoms with E-state index < -0.39 is 6.29 Å². The Morgan fingerprint density at radius 1 is 1.19 bits per heavy atom. The van der Waals surface area contributed by atoms with Crippen LogP contribution in [0.4, 0.5) is 0 Å². The Kier molecular flexibility index (Phi) is 5.65. The largest absolute Gasteiger partial charge is 0.508 e. The van der Waals surface area contributed by atoms with Gasteiger partial charge in [-0.2, -0.15) is 0 Å². The van der Waals surface area contributed by atoms with Crippen molar-refractivity contribution in [2.45, 2.75) is 58.8 Å². The monoisotopic (exact) mass is 292 g/mol. The number of rotatable bonds is 5. The molecule has 1 saturated carbocycles. The molecule has 0 heterocycles. The van der Waals surface area contributed by atoms with Crippen LogP contribution in [0.25, 0.3) is 0 Å². The van der Waals surface area contributed by atoms with E-state index >= 15 is 0 Å². The number of ether oxygens (including phenoxy) is 1. The van der Waals surface area contributed by atoms with E-state index in [2.05, 4.69) is 20.8 Å². The third-order valence-corrected chi connectivity index (χ3v) is 4.64. The van der Waals surface area contributed by atoms with Gasteiger partial charge in [-0.3, -0.25) is 0 Å². The van der Waals surface area contributed by atoms with Crippen LogP contribution >= 0.6 is 0 Å². The molecule has 0 aliphatic heterocycles. The zero-order chi connectivity index (χ0) is 15.4. The average Bonchev–Trinajstić information content (AvgIpc) is 2.41. The number of phenols is 1. The highest BCUT2D eigenvalue weighted by Gasteiger charge is 2.32. The van der Waals surface area contributed by atoms with Crippen molar-refractivity contribution in [2.75, 3.05) is 0 Å². The van der Waals surface area contributed by atoms with Crippen LogP contribution in [0.5, 0.6) is 5.75 Å². The van der Waals surface area contributed by atoms with Gasteiger partial charge >= 0.3 is 0 Å². The first-order chi connectivity index (χ1) is 9.95. The molecule has 0 aromatic heterocycles. The minimum absolute atomic E-state index is 0.154. The number of aliphatic hydroxyl groups excluding tert-OH is 1. The van der Waals surface area contributed by atoms with Crippen LogP contribution in [-0.2, 0) is 11.2 Å². The van der Waals surface area contributed by atoms with Gasteiger partial charge in [0.15, 0.2) is 6.29 Å². The first-order valence-corrected chi connectivity index (χ1v) is 8.07. The number of phenolic OH excluding ortho intramolecular Hbond substituents is 1. The van der Waals surface area contributed by atoms with Crippen molar-refractivity contribution in [1.29, 1.82) is 0 Å². The van der Waals surface area contributed by atoms with Crippen LogP contribution in [0.1, 0.15) is 45.6 Å². The van der Waals surface area contributed by atoms with Crippen molar-refractivity contribution >= 4 is 0 Å². The second-order valence-electron chi connectivity index (χ2n) is 6.83. The second-order valence-corrected chi connectivity index (χ2v) is 6.83. The smallest absolute Gasteiger partial charge is 0.158 e. The lowest BCUT2D eigenvalue weighted by Gasteiger charge is -2.38. The molecule has 0 radical (unpaired) electrons. The maximum absolute atomic E-state index is 10.2. The van der Waals surface area contributed by atoms with Crippen LogP contribution in [0.3, 0.4) is 0 Å². The van der Waals surface area contributed by atoms with E-state index in [1.54, 1.807) is 12.1 Å². The molecule has 2 rings (SSSR count). The van der Waals surface area contributed by atoms with E-state index in [9.17, 15) is 10.2 Å². The Bertz CT molecular complexity index is 427. The normalized spacial score (nSPS) is 27.8. The van der Waals surface area contributed by atoms with Gasteiger partial charge in [-0.25, -0.2) is 0 Å². The van der Waals surface area contributed by atoms with Crippen LogP contribution in [-0.4, -0.2) is 22.6 Å². The van der Waals surface area contributed by atoms with E-state index in [1.165, 1.54) is 12.8 Å². The minimum atomic E-state index is -0.772. The van der Waals surface area contributed by atoms with Crippen LogP contribution in [0.15, 0.2) is 24.3 Å². The lowest BCUT2D eigenvalue weighted by atomic mass is 9.75. The summed E-state index contributed by atoms with van der Waals surface area (Å²) in [5.41, 5.74) is 0.977. The first kappa shape index (κ1) is 16.3. The molecule has 0 bridgehead atoms. The van der Waals surface area contributed by atoms with E-state index in [-0.39, 0.29) is 11.9 Å². The molecular formula is C18H28O3. The fraction of sp³-hybridized carbons (Fsp3) is 0.667. The number of hydrogen-bond donors (Lipinski definition) is 2. The zero-order valence-corrected chi connectivity index (χ0v) is 13.3. The summed E-state index contributed by atoms with van der Waals surface area (Å²) in [6.45, 7) is 6.74. The lowest BCUT2D eigenvalue weighted by molar-refractivity contribution is -0.167. The highest BCUT2D eigenvalue weighted by Crippen LogP contribution is 2.35. The topological polar surface area (TPSA) is 49.7 Å². The van der Waals surface area contributed by atoms with Crippen molar-refractivity contribution in [3.8, 4) is 5.75 Å². The molecule has 2 N–H and O–H groups in total. The summed E-state index contributed by atoms with van der Waals surface area (Å²) in [5.74, 6) is 2.04. The molecule has 118 valence electrons. The van der Waals surface area contributed by atoms with Crippen molar-refractivity contribution < 1.29 is 14.9 Å². The van der Waals surface area contributed by atoms with Gasteiger partial charge in [-0.1, -0.05) is 39.3 Å². The van der Waals surface area contributed by atoms with Gasteiger partial charge in [-0.15, -0.1) is 0 Å². The second kappa shape index (κ2) is 7.28. The summed E-state index contributed by atoms with van der Waals surface area (Å²) >= 11 is 0. The minimum Gasteiger partial charge on any atom is -0.508 e. The third-order valence-electron chi connectivity index (χ3n) is 4.64. The van der Waals surface area contributed by atoms with Crippen LogP contribution in [0, 0.1) is 17.8 Å². The Morgan fingerprint density at radius 3 is 2.48 bits per heavy atom. The third kappa shape index (κ3) is 4.72. The highest BCUT2D eigenvalue weighted by molar-refractivity contribution is 5.26. The standard InChI is InChI=1S/C18H28O3/c1-12(2)16-9-4-13(3)10-17(16)21-18(20)11-14-5-7-15(19)8-6-14/h5-8,12-13,16-20H,4,9-11H2,1-3H3/t13-,16-,17+,18?/m1/s1. The van der Waals surface area contributed by atoms with E-state index in [1.807, 2.05) is 12.1 Å². The summed E-state index contributed by atoms with van der Waals surface area (Å²) < 4.78 is 5.96. The molecule has 1 unspecified atom stereocenters. The number of benzene rings is 1. The molecule has 3 nitrogen and oxygen atoms in total. The zero-order valence-electron chi connectivity index (χ0n) is 13.3. The average molecular weight is 292 g/mol. The summed E-state index contributed by atoms with van der Waals surface area (Å²) in [6.07, 6.45) is 3.34. The van der Waals surface area contributed by atoms with Gasteiger partial charge in [0.25, 0.3) is 0 Å². The highest BCUT2D eigenvalue weighted by atomic mass is 16.6. The summed E-state index contributed by atoms with van der Waals surface area (Å²) in [4.78, 5) is 0. The van der Waals surface area contributed by atoms with Gasteiger partial charge in [-0.05, 0) is 48.3 Å². The number of hydrogen-bond acceptors (Lipinski definition) is 3. The fourth-order valence-electron chi connectivity index (χ4n) is 3.35. The Balaban J connectivity index is 1.93. The van der Waals surface area contributed by atoms with Gasteiger partial charge in [0.05, 0.1) is 6.10 Å². The molecule has 3 heteroatoms. The maximum Gasteiger partial charge on any atom is 0.158 e. The van der Waals surface area contributed by atoms with Gasteiger partial charge in [0.1, 0.15) is 5.75 Å². The van der Waals surface area contributed by atoms with Gasteiger partial charge in [0.2, 0.25) is 0 Å². The predicted molar refractivity (Wildman–Crippen MR) is 84.0 cm³/mol. The Labute approximate surface area is 128 Å². The summed E-state index contributed by atoms with van der Waals surface area (Å²) in [5, 5.41) is 19.5. The molecule has 1 aliphatic carbocycles. The van der Waals surface area contributed by atoms with Gasteiger partial charge in [0, 0.05) is 6.42 Å². The van der Waals surface area contributed by atoms with Gasteiger partial charge < -0.3 is 14.9 Å². The van der Waals surface area contributed by atoms with E-state index in [0.717, 1.165) is 12.0 Å². The fourth-order valence-corrected chi connectivity index (χ4v) is 3.35. The molecule has 1 aliphatic rings. The van der Waals surface area contributed by atoms with Crippen LogP contribution < -0.4 is 0 Å². The molecule has 0 amide bonds. The predicted octanol–water partition coefficient (Wildman–Crippen LogP) is 3.73. The van der Waals surface area contributed by atoms with E-state index in [4.69, 9.17) is 4.74 Å². The molecule has 21 heavy (non-hydrogen) atoms. The molecular weight excluding hydrogens is 264 g/mol. The Hall–Kier alpha value is -1.06.